The van der Waals surface area contributed by atoms with Gasteiger partial charge in [-0.2, -0.15) is 0 Å². The van der Waals surface area contributed by atoms with E-state index < -0.39 is 0 Å². The minimum atomic E-state index is 0.224. The molecular weight excluding hydrogens is 349 g/mol. The molecule has 0 aliphatic carbocycles. The molecule has 0 aliphatic heterocycles. The first kappa shape index (κ1) is 16.6. The molecule has 0 aliphatic rings. The Hall–Kier alpha value is -0.420. The third-order valence-corrected chi connectivity index (χ3v) is 4.01. The average molecular weight is 373 g/mol. The molecule has 0 atom stereocenters. The number of nitrogens with zero attached hydrogens (tertiary/aromatic N) is 1. The molecule has 0 spiro atoms. The van der Waals surface area contributed by atoms with E-state index in [0.717, 1.165) is 15.7 Å². The number of Topliss-reactive ketones (excluding diaryl/α,β-unsaturated/α-hetero) is 1. The summed E-state index contributed by atoms with van der Waals surface area (Å²) in [5.74, 6) is 0.224. The molecule has 0 radical (unpaired) electrons. The second-order valence-corrected chi connectivity index (χ2v) is 6.45. The molecule has 1 aromatic carbocycles. The highest BCUT2D eigenvalue weighted by Gasteiger charge is 2.14. The zero-order chi connectivity index (χ0) is 14.3. The second kappa shape index (κ2) is 8.69. The summed E-state index contributed by atoms with van der Waals surface area (Å²) < 4.78 is 1.16. The van der Waals surface area contributed by atoms with Gasteiger partial charge >= 0.3 is 0 Å². The van der Waals surface area contributed by atoms with Gasteiger partial charge in [0.15, 0.2) is 5.78 Å². The van der Waals surface area contributed by atoms with Crippen LogP contribution in [0.5, 0.6) is 0 Å². The predicted octanol–water partition coefficient (Wildman–Crippen LogP) is 4.37. The molecule has 0 saturated heterocycles. The van der Waals surface area contributed by atoms with E-state index in [-0.39, 0.29) is 5.78 Å². The summed E-state index contributed by atoms with van der Waals surface area (Å²) in [7, 11) is 0. The van der Waals surface area contributed by atoms with Crippen molar-refractivity contribution in [3.8, 4) is 0 Å². The number of carbonyl (C=O) groups excluding carboxylic acids is 1. The lowest BCUT2D eigenvalue weighted by molar-refractivity contribution is 0.0904. The molecule has 0 aromatic heterocycles. The Morgan fingerprint density at radius 2 is 1.84 bits per heavy atom. The van der Waals surface area contributed by atoms with Crippen molar-refractivity contribution in [3.05, 3.63) is 33.4 Å². The molecule has 19 heavy (non-hydrogen) atoms. The van der Waals surface area contributed by atoms with Gasteiger partial charge in [-0.05, 0) is 61.5 Å². The van der Waals surface area contributed by atoms with E-state index in [9.17, 15) is 4.79 Å². The average Bonchev–Trinajstić information content (AvgIpc) is 2.38. The molecule has 1 aromatic rings. The lowest BCUT2D eigenvalue weighted by Gasteiger charge is -2.25. The van der Waals surface area contributed by atoms with Crippen molar-refractivity contribution >= 4 is 28.4 Å². The van der Waals surface area contributed by atoms with Crippen LogP contribution in [0.25, 0.3) is 0 Å². The predicted molar refractivity (Wildman–Crippen MR) is 89.7 cm³/mol. The molecule has 1 rings (SSSR count). The Balaban J connectivity index is 2.58. The van der Waals surface area contributed by atoms with Crippen LogP contribution in [0, 0.1) is 3.57 Å². The van der Waals surface area contributed by atoms with Crippen LogP contribution < -0.4 is 0 Å². The molecule has 0 saturated carbocycles. The van der Waals surface area contributed by atoms with E-state index in [4.69, 9.17) is 0 Å². The van der Waals surface area contributed by atoms with E-state index in [1.54, 1.807) is 0 Å². The van der Waals surface area contributed by atoms with Gasteiger partial charge in [-0.15, -0.1) is 0 Å². The number of halogens is 1. The molecular formula is C16H24INO. The topological polar surface area (TPSA) is 20.3 Å². The van der Waals surface area contributed by atoms with E-state index >= 15 is 0 Å². The van der Waals surface area contributed by atoms with Crippen molar-refractivity contribution in [3.63, 3.8) is 0 Å². The van der Waals surface area contributed by atoms with E-state index in [1.165, 1.54) is 19.3 Å². The molecule has 0 bridgehead atoms. The summed E-state index contributed by atoms with van der Waals surface area (Å²) in [5, 5.41) is 0. The van der Waals surface area contributed by atoms with Gasteiger partial charge in [0.25, 0.3) is 0 Å². The maximum absolute atomic E-state index is 12.3. The zero-order valence-corrected chi connectivity index (χ0v) is 14.3. The van der Waals surface area contributed by atoms with Gasteiger partial charge in [0.1, 0.15) is 0 Å². The summed E-state index contributed by atoms with van der Waals surface area (Å²) in [6.45, 7) is 8.07. The van der Waals surface area contributed by atoms with Crippen LogP contribution in [0.3, 0.4) is 0 Å². The standard InChI is InChI=1S/C16H24INO/c1-4-5-6-11-18(13(2)3)12-16(19)14-7-9-15(17)10-8-14/h7-10,13H,4-6,11-12H2,1-3H3. The Kier molecular flexibility index (Phi) is 7.61. The lowest BCUT2D eigenvalue weighted by Crippen LogP contribution is -2.36. The highest BCUT2D eigenvalue weighted by Crippen LogP contribution is 2.10. The van der Waals surface area contributed by atoms with Crippen molar-refractivity contribution in [2.24, 2.45) is 0 Å². The highest BCUT2D eigenvalue weighted by atomic mass is 127. The Labute approximate surface area is 130 Å². The normalized spacial score (nSPS) is 11.3. The van der Waals surface area contributed by atoms with Gasteiger partial charge in [0.05, 0.1) is 6.54 Å². The van der Waals surface area contributed by atoms with Crippen LogP contribution in [0.2, 0.25) is 0 Å². The number of rotatable bonds is 8. The number of ketones is 1. The minimum Gasteiger partial charge on any atom is -0.293 e. The van der Waals surface area contributed by atoms with Crippen molar-refractivity contribution < 1.29 is 4.79 Å². The van der Waals surface area contributed by atoms with Gasteiger partial charge in [0, 0.05) is 15.2 Å². The smallest absolute Gasteiger partial charge is 0.176 e. The highest BCUT2D eigenvalue weighted by molar-refractivity contribution is 14.1. The number of unbranched alkanes of at least 4 members (excludes halogenated alkanes) is 2. The van der Waals surface area contributed by atoms with Crippen LogP contribution in [0.4, 0.5) is 0 Å². The third-order valence-electron chi connectivity index (χ3n) is 3.29. The third kappa shape index (κ3) is 6.04. The molecule has 0 heterocycles. The molecule has 0 amide bonds. The summed E-state index contributed by atoms with van der Waals surface area (Å²) >= 11 is 2.26. The van der Waals surface area contributed by atoms with Gasteiger partial charge in [-0.1, -0.05) is 31.9 Å². The summed E-state index contributed by atoms with van der Waals surface area (Å²) in [4.78, 5) is 14.5. The largest absolute Gasteiger partial charge is 0.293 e. The number of benzene rings is 1. The van der Waals surface area contributed by atoms with Crippen molar-refractivity contribution in [1.29, 1.82) is 0 Å². The van der Waals surface area contributed by atoms with Crippen LogP contribution >= 0.6 is 22.6 Å². The SMILES string of the molecule is CCCCCN(CC(=O)c1ccc(I)cc1)C(C)C. The van der Waals surface area contributed by atoms with Crippen LogP contribution in [-0.4, -0.2) is 29.8 Å². The summed E-state index contributed by atoms with van der Waals surface area (Å²) in [5.41, 5.74) is 0.821. The van der Waals surface area contributed by atoms with Gasteiger partial charge in [-0.3, -0.25) is 9.69 Å². The zero-order valence-electron chi connectivity index (χ0n) is 12.2. The first-order chi connectivity index (χ1) is 9.04. The monoisotopic (exact) mass is 373 g/mol. The molecule has 0 unspecified atom stereocenters. The van der Waals surface area contributed by atoms with Gasteiger partial charge < -0.3 is 0 Å². The molecule has 0 fully saturated rings. The second-order valence-electron chi connectivity index (χ2n) is 5.20. The van der Waals surface area contributed by atoms with Gasteiger partial charge in [-0.25, -0.2) is 0 Å². The molecule has 2 nitrogen and oxygen atoms in total. The van der Waals surface area contributed by atoms with E-state index in [0.29, 0.717) is 12.6 Å². The van der Waals surface area contributed by atoms with Crippen molar-refractivity contribution in [1.82, 2.24) is 4.90 Å². The molecule has 106 valence electrons. The maximum Gasteiger partial charge on any atom is 0.176 e. The quantitative estimate of drug-likeness (QED) is 0.383. The fraction of sp³-hybridized carbons (Fsp3) is 0.562. The van der Waals surface area contributed by atoms with Gasteiger partial charge in [0.2, 0.25) is 0 Å². The van der Waals surface area contributed by atoms with Crippen LogP contribution in [0.15, 0.2) is 24.3 Å². The number of hydrogen-bond acceptors (Lipinski definition) is 2. The Morgan fingerprint density at radius 1 is 1.21 bits per heavy atom. The minimum absolute atomic E-state index is 0.224. The Bertz CT molecular complexity index is 386. The van der Waals surface area contributed by atoms with Crippen molar-refractivity contribution in [2.45, 2.75) is 46.1 Å². The first-order valence-corrected chi connectivity index (χ1v) is 8.15. The first-order valence-electron chi connectivity index (χ1n) is 7.07. The molecule has 3 heteroatoms. The molecule has 0 N–H and O–H groups in total. The van der Waals surface area contributed by atoms with Crippen molar-refractivity contribution in [2.75, 3.05) is 13.1 Å². The van der Waals surface area contributed by atoms with Crippen LogP contribution in [0.1, 0.15) is 50.4 Å². The number of carbonyl (C=O) groups is 1. The summed E-state index contributed by atoms with van der Waals surface area (Å²) in [6.07, 6.45) is 3.63. The lowest BCUT2D eigenvalue weighted by atomic mass is 10.1. The fourth-order valence-corrected chi connectivity index (χ4v) is 2.36. The maximum atomic E-state index is 12.3. The Morgan fingerprint density at radius 3 is 2.37 bits per heavy atom. The summed E-state index contributed by atoms with van der Waals surface area (Å²) in [6, 6.07) is 8.25. The van der Waals surface area contributed by atoms with Crippen LogP contribution in [-0.2, 0) is 0 Å². The van der Waals surface area contributed by atoms with E-state index in [2.05, 4.69) is 48.3 Å². The van der Waals surface area contributed by atoms with E-state index in [1.807, 2.05) is 24.3 Å². The number of hydrogen-bond donors (Lipinski definition) is 0. The fourth-order valence-electron chi connectivity index (χ4n) is 2.00.